The van der Waals surface area contributed by atoms with Gasteiger partial charge in [0.1, 0.15) is 5.60 Å². The molecule has 1 saturated heterocycles. The maximum absolute atomic E-state index is 5.94. The molecule has 0 radical (unpaired) electrons. The zero-order valence-electron chi connectivity index (χ0n) is 9.87. The molecule has 84 valence electrons. The van der Waals surface area contributed by atoms with Crippen molar-refractivity contribution in [2.45, 2.75) is 32.4 Å². The number of nitrogens with one attached hydrogen (secondary N) is 1. The summed E-state index contributed by atoms with van der Waals surface area (Å²) in [4.78, 5) is 0. The third kappa shape index (κ3) is 1.92. The Morgan fingerprint density at radius 3 is 2.87 bits per heavy atom. The van der Waals surface area contributed by atoms with Gasteiger partial charge in [0, 0.05) is 31.4 Å². The molecule has 2 rings (SSSR count). The highest BCUT2D eigenvalue weighted by Crippen LogP contribution is 2.29. The maximum atomic E-state index is 5.94. The molecule has 4 heteroatoms. The van der Waals surface area contributed by atoms with Crippen molar-refractivity contribution in [1.29, 1.82) is 0 Å². The summed E-state index contributed by atoms with van der Waals surface area (Å²) in [5, 5.41) is 7.80. The van der Waals surface area contributed by atoms with Gasteiger partial charge in [-0.1, -0.05) is 0 Å². The minimum atomic E-state index is -0.231. The molecule has 2 atom stereocenters. The first-order valence-electron chi connectivity index (χ1n) is 5.39. The third-order valence-corrected chi connectivity index (χ3v) is 3.02. The SMILES string of the molecule is Cc1nn(C)cc1C1(C)CNC(C)CO1. The van der Waals surface area contributed by atoms with E-state index in [1.807, 2.05) is 24.9 Å². The zero-order valence-corrected chi connectivity index (χ0v) is 9.87. The number of rotatable bonds is 1. The van der Waals surface area contributed by atoms with Crippen LogP contribution in [0.3, 0.4) is 0 Å². The van der Waals surface area contributed by atoms with Crippen LogP contribution in [0.2, 0.25) is 0 Å². The molecule has 1 N–H and O–H groups in total. The number of nitrogens with zero attached hydrogens (tertiary/aromatic N) is 2. The van der Waals surface area contributed by atoms with E-state index in [0.29, 0.717) is 6.04 Å². The van der Waals surface area contributed by atoms with Crippen molar-refractivity contribution in [3.05, 3.63) is 17.5 Å². The number of aromatic nitrogens is 2. The fourth-order valence-electron chi connectivity index (χ4n) is 2.08. The predicted octanol–water partition coefficient (Wildman–Crippen LogP) is 0.952. The van der Waals surface area contributed by atoms with Crippen molar-refractivity contribution in [1.82, 2.24) is 15.1 Å². The fourth-order valence-corrected chi connectivity index (χ4v) is 2.08. The lowest BCUT2D eigenvalue weighted by atomic mass is 9.94. The second-order valence-corrected chi connectivity index (χ2v) is 4.63. The van der Waals surface area contributed by atoms with Gasteiger partial charge in [0.25, 0.3) is 0 Å². The molecule has 0 spiro atoms. The van der Waals surface area contributed by atoms with Crippen molar-refractivity contribution in [2.75, 3.05) is 13.2 Å². The summed E-state index contributed by atoms with van der Waals surface area (Å²) < 4.78 is 7.79. The van der Waals surface area contributed by atoms with Gasteiger partial charge >= 0.3 is 0 Å². The average Bonchev–Trinajstić information content (AvgIpc) is 2.52. The maximum Gasteiger partial charge on any atom is 0.106 e. The third-order valence-electron chi connectivity index (χ3n) is 3.02. The van der Waals surface area contributed by atoms with Crippen LogP contribution in [0.1, 0.15) is 25.1 Å². The smallest absolute Gasteiger partial charge is 0.106 e. The van der Waals surface area contributed by atoms with E-state index in [9.17, 15) is 0 Å². The van der Waals surface area contributed by atoms with Gasteiger partial charge < -0.3 is 10.1 Å². The van der Waals surface area contributed by atoms with Crippen LogP contribution in [0.5, 0.6) is 0 Å². The van der Waals surface area contributed by atoms with Gasteiger partial charge in [0.15, 0.2) is 0 Å². The Morgan fingerprint density at radius 1 is 1.67 bits per heavy atom. The van der Waals surface area contributed by atoms with Gasteiger partial charge in [-0.15, -0.1) is 0 Å². The van der Waals surface area contributed by atoms with Crippen molar-refractivity contribution >= 4 is 0 Å². The number of hydrogen-bond donors (Lipinski definition) is 1. The Hall–Kier alpha value is -0.870. The first-order valence-corrected chi connectivity index (χ1v) is 5.39. The van der Waals surface area contributed by atoms with Gasteiger partial charge in [-0.3, -0.25) is 4.68 Å². The summed E-state index contributed by atoms with van der Waals surface area (Å²) in [6, 6.07) is 0.440. The van der Waals surface area contributed by atoms with Crippen LogP contribution in [0.15, 0.2) is 6.20 Å². The molecule has 0 saturated carbocycles. The molecule has 1 aromatic rings. The van der Waals surface area contributed by atoms with E-state index in [4.69, 9.17) is 4.74 Å². The van der Waals surface area contributed by atoms with Crippen LogP contribution in [0.25, 0.3) is 0 Å². The van der Waals surface area contributed by atoms with E-state index in [2.05, 4.69) is 24.3 Å². The number of aryl methyl sites for hydroxylation is 2. The Kier molecular flexibility index (Phi) is 2.56. The van der Waals surface area contributed by atoms with E-state index in [1.165, 1.54) is 5.56 Å². The molecular weight excluding hydrogens is 190 g/mol. The molecule has 0 aromatic carbocycles. The first kappa shape index (κ1) is 10.6. The zero-order chi connectivity index (χ0) is 11.1. The lowest BCUT2D eigenvalue weighted by Gasteiger charge is -2.37. The van der Waals surface area contributed by atoms with Gasteiger partial charge in [0.05, 0.1) is 12.3 Å². The van der Waals surface area contributed by atoms with E-state index in [0.717, 1.165) is 18.8 Å². The Balaban J connectivity index is 2.25. The van der Waals surface area contributed by atoms with Crippen LogP contribution in [0.4, 0.5) is 0 Å². The molecule has 2 heterocycles. The summed E-state index contributed by atoms with van der Waals surface area (Å²) in [5.74, 6) is 0. The van der Waals surface area contributed by atoms with E-state index < -0.39 is 0 Å². The normalized spacial score (nSPS) is 31.9. The molecular formula is C11H19N3O. The molecule has 15 heavy (non-hydrogen) atoms. The molecule has 0 amide bonds. The average molecular weight is 209 g/mol. The molecule has 4 nitrogen and oxygen atoms in total. The van der Waals surface area contributed by atoms with Gasteiger partial charge in [-0.25, -0.2) is 0 Å². The van der Waals surface area contributed by atoms with Crippen molar-refractivity contribution in [2.24, 2.45) is 7.05 Å². The lowest BCUT2D eigenvalue weighted by Crippen LogP contribution is -2.50. The van der Waals surface area contributed by atoms with Crippen LogP contribution in [-0.4, -0.2) is 29.0 Å². The molecule has 0 bridgehead atoms. The largest absolute Gasteiger partial charge is 0.368 e. The van der Waals surface area contributed by atoms with Crippen molar-refractivity contribution in [3.63, 3.8) is 0 Å². The van der Waals surface area contributed by atoms with Crippen molar-refractivity contribution < 1.29 is 4.74 Å². The van der Waals surface area contributed by atoms with E-state index in [-0.39, 0.29) is 5.60 Å². The standard InChI is InChI=1S/C11H19N3O/c1-8-6-15-11(3,7-12-8)10-5-14(4)13-9(10)2/h5,8,12H,6-7H2,1-4H3. The van der Waals surface area contributed by atoms with Crippen LogP contribution in [0, 0.1) is 6.92 Å². The van der Waals surface area contributed by atoms with Gasteiger partial charge in [-0.2, -0.15) is 5.10 Å². The number of ether oxygens (including phenoxy) is 1. The number of morpholine rings is 1. The van der Waals surface area contributed by atoms with Crippen LogP contribution < -0.4 is 5.32 Å². The Bertz CT molecular complexity index is 351. The molecule has 0 aliphatic carbocycles. The molecule has 2 unspecified atom stereocenters. The molecule has 1 fully saturated rings. The van der Waals surface area contributed by atoms with Crippen molar-refractivity contribution in [3.8, 4) is 0 Å². The highest BCUT2D eigenvalue weighted by atomic mass is 16.5. The van der Waals surface area contributed by atoms with Crippen LogP contribution >= 0.6 is 0 Å². The quantitative estimate of drug-likeness (QED) is 0.748. The molecule has 1 aliphatic heterocycles. The summed E-state index contributed by atoms with van der Waals surface area (Å²) in [6.45, 7) is 7.89. The lowest BCUT2D eigenvalue weighted by molar-refractivity contribution is -0.0732. The second kappa shape index (κ2) is 3.61. The Labute approximate surface area is 90.6 Å². The molecule has 1 aromatic heterocycles. The minimum absolute atomic E-state index is 0.231. The van der Waals surface area contributed by atoms with Gasteiger partial charge in [-0.05, 0) is 20.8 Å². The summed E-state index contributed by atoms with van der Waals surface area (Å²) in [7, 11) is 1.94. The van der Waals surface area contributed by atoms with Crippen LogP contribution in [-0.2, 0) is 17.4 Å². The fraction of sp³-hybridized carbons (Fsp3) is 0.727. The topological polar surface area (TPSA) is 39.1 Å². The monoisotopic (exact) mass is 209 g/mol. The summed E-state index contributed by atoms with van der Waals surface area (Å²) in [6.07, 6.45) is 2.05. The number of hydrogen-bond acceptors (Lipinski definition) is 3. The highest BCUT2D eigenvalue weighted by Gasteiger charge is 2.34. The second-order valence-electron chi connectivity index (χ2n) is 4.63. The Morgan fingerprint density at radius 2 is 2.40 bits per heavy atom. The highest BCUT2D eigenvalue weighted by molar-refractivity contribution is 5.24. The van der Waals surface area contributed by atoms with E-state index >= 15 is 0 Å². The molecule has 1 aliphatic rings. The minimum Gasteiger partial charge on any atom is -0.368 e. The first-order chi connectivity index (χ1) is 7.01. The van der Waals surface area contributed by atoms with Gasteiger partial charge in [0.2, 0.25) is 0 Å². The summed E-state index contributed by atoms with van der Waals surface area (Å²) in [5.41, 5.74) is 2.01. The summed E-state index contributed by atoms with van der Waals surface area (Å²) >= 11 is 0. The predicted molar refractivity (Wildman–Crippen MR) is 58.7 cm³/mol. The van der Waals surface area contributed by atoms with E-state index in [1.54, 1.807) is 0 Å².